The lowest BCUT2D eigenvalue weighted by Gasteiger charge is -2.39. The second-order valence-electron chi connectivity index (χ2n) is 8.48. The molecule has 6 N–H and O–H groups in total. The maximum absolute atomic E-state index is 12.0. The van der Waals surface area contributed by atoms with E-state index in [1.807, 2.05) is 49.5 Å². The molecule has 1 fully saturated rings. The molecule has 2 aliphatic heterocycles. The van der Waals surface area contributed by atoms with Crippen LogP contribution < -0.4 is 11.1 Å². The van der Waals surface area contributed by atoms with E-state index in [2.05, 4.69) is 5.32 Å². The second kappa shape index (κ2) is 14.0. The Labute approximate surface area is 201 Å². The molecule has 34 heavy (non-hydrogen) atoms. The Bertz CT molecular complexity index is 855. The molecule has 2 heterocycles. The van der Waals surface area contributed by atoms with Crippen LogP contribution >= 0.6 is 0 Å². The lowest BCUT2D eigenvalue weighted by Crippen LogP contribution is -2.59. The molecule has 2 aliphatic rings. The number of hydrogen-bond acceptors (Lipinski definition) is 7. The lowest BCUT2D eigenvalue weighted by molar-refractivity contribution is -0.251. The highest BCUT2D eigenvalue weighted by atomic mass is 16.7. The van der Waals surface area contributed by atoms with Crippen LogP contribution in [0.1, 0.15) is 13.8 Å². The van der Waals surface area contributed by atoms with Crippen molar-refractivity contribution < 1.29 is 29.6 Å². The van der Waals surface area contributed by atoms with Crippen LogP contribution in [0, 0.1) is 5.92 Å². The average molecular weight is 473 g/mol. The summed E-state index contributed by atoms with van der Waals surface area (Å²) in [6.45, 7) is 3.90. The summed E-state index contributed by atoms with van der Waals surface area (Å²) >= 11 is 0. The number of ether oxygens (including phenoxy) is 2. The van der Waals surface area contributed by atoms with Crippen molar-refractivity contribution in [1.82, 2.24) is 5.32 Å². The number of aliphatic hydroxyl groups is 3. The normalized spacial score (nSPS) is 35.9. The van der Waals surface area contributed by atoms with Crippen molar-refractivity contribution in [1.29, 1.82) is 0 Å². The molecule has 0 spiro atoms. The van der Waals surface area contributed by atoms with Crippen molar-refractivity contribution in [3.05, 3.63) is 85.1 Å². The van der Waals surface area contributed by atoms with Gasteiger partial charge in [-0.15, -0.1) is 0 Å². The van der Waals surface area contributed by atoms with E-state index in [-0.39, 0.29) is 18.4 Å². The summed E-state index contributed by atoms with van der Waals surface area (Å²) in [5, 5.41) is 33.7. The van der Waals surface area contributed by atoms with E-state index < -0.39 is 36.2 Å². The van der Waals surface area contributed by atoms with E-state index in [9.17, 15) is 20.1 Å². The van der Waals surface area contributed by atoms with Crippen LogP contribution in [0.2, 0.25) is 0 Å². The van der Waals surface area contributed by atoms with Crippen molar-refractivity contribution in [2.45, 2.75) is 50.1 Å². The first kappa shape index (κ1) is 27.7. The van der Waals surface area contributed by atoms with Gasteiger partial charge in [-0.2, -0.15) is 0 Å². The van der Waals surface area contributed by atoms with E-state index in [1.165, 1.54) is 18.2 Å². The Hall–Kier alpha value is -2.59. The lowest BCUT2D eigenvalue weighted by atomic mass is 9.96. The first-order valence-electron chi connectivity index (χ1n) is 11.3. The molecule has 0 saturated carbocycles. The maximum atomic E-state index is 12.0. The number of rotatable bonds is 2. The van der Waals surface area contributed by atoms with Gasteiger partial charge in [-0.25, -0.2) is 0 Å². The topological polar surface area (TPSA) is 134 Å². The van der Waals surface area contributed by atoms with E-state index in [0.717, 1.165) is 0 Å². The summed E-state index contributed by atoms with van der Waals surface area (Å²) in [5.41, 5.74) is 4.46. The van der Waals surface area contributed by atoms with Crippen LogP contribution in [0.5, 0.6) is 0 Å². The minimum atomic E-state index is -1.51. The Morgan fingerprint density at radius 2 is 1.65 bits per heavy atom. The third-order valence-corrected chi connectivity index (χ3v) is 5.28. The first-order chi connectivity index (χ1) is 16.2. The standard InChI is InChI=1S/C26H36N2O6/c1-19-13-9-7-5-3-4-6-8-10-14-21(34-25-23(27)24(31)20(29)18-33-25)26(2,32)16-12-11-15-22(30)28-17-19/h3-16,19-21,23-25,29,31-32H,17-18,27H2,1-2H3,(H,28,30). The van der Waals surface area contributed by atoms with Gasteiger partial charge in [0.15, 0.2) is 6.29 Å². The van der Waals surface area contributed by atoms with Crippen molar-refractivity contribution in [2.75, 3.05) is 13.2 Å². The molecule has 186 valence electrons. The second-order valence-corrected chi connectivity index (χ2v) is 8.48. The summed E-state index contributed by atoms with van der Waals surface area (Å²) in [7, 11) is 0. The van der Waals surface area contributed by atoms with Crippen LogP contribution in [0.25, 0.3) is 0 Å². The molecule has 0 aromatic rings. The average Bonchev–Trinajstić information content (AvgIpc) is 2.80. The fourth-order valence-electron chi connectivity index (χ4n) is 3.15. The molecule has 2 rings (SSSR count). The molecular weight excluding hydrogens is 436 g/mol. The Kier molecular flexibility index (Phi) is 11.4. The number of amides is 1. The molecule has 0 aliphatic carbocycles. The number of nitrogens with two attached hydrogens (primary N) is 1. The predicted molar refractivity (Wildman–Crippen MR) is 131 cm³/mol. The quantitative estimate of drug-likeness (QED) is 0.407. The highest BCUT2D eigenvalue weighted by Gasteiger charge is 2.40. The van der Waals surface area contributed by atoms with Crippen molar-refractivity contribution in [3.63, 3.8) is 0 Å². The summed E-state index contributed by atoms with van der Waals surface area (Å²) in [5.74, 6) is -0.0758. The zero-order chi connectivity index (χ0) is 25.0. The first-order valence-corrected chi connectivity index (χ1v) is 11.3. The van der Waals surface area contributed by atoms with Crippen LogP contribution in [-0.2, 0) is 14.3 Å². The number of carbonyl (C=O) groups is 1. The van der Waals surface area contributed by atoms with E-state index in [1.54, 1.807) is 31.2 Å². The fraction of sp³-hybridized carbons (Fsp3) is 0.423. The number of hydrogen-bond donors (Lipinski definition) is 5. The molecule has 1 saturated heterocycles. The Morgan fingerprint density at radius 3 is 2.32 bits per heavy atom. The van der Waals surface area contributed by atoms with Gasteiger partial charge in [-0.1, -0.05) is 85.9 Å². The predicted octanol–water partition coefficient (Wildman–Crippen LogP) is 1.19. The van der Waals surface area contributed by atoms with Gasteiger partial charge in [0.2, 0.25) is 5.91 Å². The van der Waals surface area contributed by atoms with E-state index in [0.29, 0.717) is 6.54 Å². The summed E-state index contributed by atoms with van der Waals surface area (Å²) in [4.78, 5) is 12.0. The SMILES string of the molecule is CC1C=CC=CC=CC=CC=CC(OC2OCC(O)C(O)C2N)C(C)(O)C=CC=CC(=O)NC1. The van der Waals surface area contributed by atoms with Crippen LogP contribution in [0.15, 0.2) is 85.1 Å². The zero-order valence-electron chi connectivity index (χ0n) is 19.6. The zero-order valence-corrected chi connectivity index (χ0v) is 19.6. The van der Waals surface area contributed by atoms with Crippen LogP contribution in [-0.4, -0.2) is 70.6 Å². The Balaban J connectivity index is 2.23. The third-order valence-electron chi connectivity index (χ3n) is 5.28. The largest absolute Gasteiger partial charge is 0.389 e. The molecule has 8 heteroatoms. The van der Waals surface area contributed by atoms with Gasteiger partial charge >= 0.3 is 0 Å². The van der Waals surface area contributed by atoms with Gasteiger partial charge in [-0.3, -0.25) is 4.79 Å². The van der Waals surface area contributed by atoms with Gasteiger partial charge in [0.25, 0.3) is 0 Å². The van der Waals surface area contributed by atoms with E-state index >= 15 is 0 Å². The summed E-state index contributed by atoms with van der Waals surface area (Å²) in [6.07, 6.45) is 20.1. The smallest absolute Gasteiger partial charge is 0.243 e. The van der Waals surface area contributed by atoms with Gasteiger partial charge in [0.05, 0.1) is 12.6 Å². The molecule has 1 amide bonds. The van der Waals surface area contributed by atoms with Crippen LogP contribution in [0.4, 0.5) is 0 Å². The highest BCUT2D eigenvalue weighted by molar-refractivity contribution is 5.87. The minimum Gasteiger partial charge on any atom is -0.389 e. The van der Waals surface area contributed by atoms with Gasteiger partial charge in [-0.05, 0) is 12.8 Å². The van der Waals surface area contributed by atoms with Gasteiger partial charge in [0, 0.05) is 12.6 Å². The number of aliphatic hydroxyl groups excluding tert-OH is 2. The van der Waals surface area contributed by atoms with Crippen molar-refractivity contribution >= 4 is 5.91 Å². The van der Waals surface area contributed by atoms with Crippen molar-refractivity contribution in [3.8, 4) is 0 Å². The van der Waals surface area contributed by atoms with E-state index in [4.69, 9.17) is 15.2 Å². The molecule has 0 aromatic heterocycles. The molecule has 0 aromatic carbocycles. The van der Waals surface area contributed by atoms with Gasteiger partial charge in [0.1, 0.15) is 23.9 Å². The molecule has 0 radical (unpaired) electrons. The number of nitrogens with one attached hydrogen (secondary N) is 1. The summed E-state index contributed by atoms with van der Waals surface area (Å²) < 4.78 is 11.3. The monoisotopic (exact) mass is 472 g/mol. The van der Waals surface area contributed by atoms with Crippen molar-refractivity contribution in [2.24, 2.45) is 11.7 Å². The molecule has 8 nitrogen and oxygen atoms in total. The Morgan fingerprint density at radius 1 is 1.03 bits per heavy atom. The molecule has 7 atom stereocenters. The molecular formula is C26H36N2O6. The molecule has 7 unspecified atom stereocenters. The van der Waals surface area contributed by atoms with Gasteiger partial charge < -0.3 is 35.8 Å². The van der Waals surface area contributed by atoms with Crippen LogP contribution in [0.3, 0.4) is 0 Å². The number of carbonyl (C=O) groups excluding carboxylic acids is 1. The highest BCUT2D eigenvalue weighted by Crippen LogP contribution is 2.23. The number of allylic oxidation sites excluding steroid dienone is 10. The summed E-state index contributed by atoms with van der Waals surface area (Å²) in [6, 6.07) is -0.997. The third kappa shape index (κ3) is 9.34. The molecule has 0 bridgehead atoms. The minimum absolute atomic E-state index is 0.141. The fourth-order valence-corrected chi connectivity index (χ4v) is 3.15. The maximum Gasteiger partial charge on any atom is 0.243 e.